The first kappa shape index (κ1) is 16.1. The van der Waals surface area contributed by atoms with E-state index in [4.69, 9.17) is 4.74 Å². The number of amides is 1. The number of rotatable bonds is 6. The number of carbonyl (C=O) groups excluding carboxylic acids is 1. The fourth-order valence-corrected chi connectivity index (χ4v) is 4.24. The number of carbonyl (C=O) groups is 1. The second-order valence-corrected chi connectivity index (χ2v) is 7.11. The summed E-state index contributed by atoms with van der Waals surface area (Å²) in [5.41, 5.74) is 0.984. The lowest BCUT2D eigenvalue weighted by molar-refractivity contribution is -0.121. The maximum Gasteiger partial charge on any atom is 0.224 e. The summed E-state index contributed by atoms with van der Waals surface area (Å²) in [5, 5.41) is 5.37. The molecule has 1 saturated carbocycles. The van der Waals surface area contributed by atoms with Crippen molar-refractivity contribution in [3.63, 3.8) is 0 Å². The molecular formula is C19H23NO2S. The molecule has 1 aliphatic carbocycles. The average Bonchev–Trinajstić information content (AvgIpc) is 3.26. The first-order valence-electron chi connectivity index (χ1n) is 8.22. The van der Waals surface area contributed by atoms with E-state index < -0.39 is 0 Å². The Hall–Kier alpha value is -1.81. The highest BCUT2D eigenvalue weighted by Gasteiger charge is 2.28. The molecule has 1 amide bonds. The maximum absolute atomic E-state index is 12.5. The molecular weight excluding hydrogens is 306 g/mol. The quantitative estimate of drug-likeness (QED) is 0.856. The number of hydrogen-bond donors (Lipinski definition) is 1. The molecule has 0 radical (unpaired) electrons. The third-order valence-electron chi connectivity index (χ3n) is 4.54. The Morgan fingerprint density at radius 2 is 2.13 bits per heavy atom. The molecule has 1 fully saturated rings. The van der Waals surface area contributed by atoms with E-state index in [-0.39, 0.29) is 11.9 Å². The van der Waals surface area contributed by atoms with Gasteiger partial charge in [-0.15, -0.1) is 11.3 Å². The van der Waals surface area contributed by atoms with Gasteiger partial charge in [-0.25, -0.2) is 0 Å². The predicted octanol–water partition coefficient (Wildman–Crippen LogP) is 4.35. The number of ether oxygens (including phenoxy) is 1. The number of methoxy groups -OCH3 is 1. The van der Waals surface area contributed by atoms with Gasteiger partial charge in [0.25, 0.3) is 0 Å². The Morgan fingerprint density at radius 3 is 2.83 bits per heavy atom. The fraction of sp³-hybridized carbons (Fsp3) is 0.421. The van der Waals surface area contributed by atoms with Gasteiger partial charge in [-0.05, 0) is 47.9 Å². The van der Waals surface area contributed by atoms with Crippen LogP contribution in [0, 0.1) is 5.92 Å². The van der Waals surface area contributed by atoms with Gasteiger partial charge in [0.2, 0.25) is 5.91 Å². The first-order chi connectivity index (χ1) is 11.3. The summed E-state index contributed by atoms with van der Waals surface area (Å²) in [4.78, 5) is 13.8. The molecule has 1 aliphatic rings. The SMILES string of the molecule is COc1cccc(CC(=O)NC(c2cccs2)C2CCCC2)c1. The number of benzene rings is 1. The van der Waals surface area contributed by atoms with Crippen molar-refractivity contribution < 1.29 is 9.53 Å². The van der Waals surface area contributed by atoms with Crippen molar-refractivity contribution in [3.8, 4) is 5.75 Å². The summed E-state index contributed by atoms with van der Waals surface area (Å²) in [5.74, 6) is 1.45. The molecule has 0 bridgehead atoms. The molecule has 2 aromatic rings. The average molecular weight is 329 g/mol. The molecule has 4 heteroatoms. The van der Waals surface area contributed by atoms with Crippen molar-refractivity contribution in [2.45, 2.75) is 38.1 Å². The highest BCUT2D eigenvalue weighted by molar-refractivity contribution is 7.10. The van der Waals surface area contributed by atoms with Crippen LogP contribution in [0.1, 0.15) is 42.2 Å². The molecule has 122 valence electrons. The van der Waals surface area contributed by atoms with Gasteiger partial charge >= 0.3 is 0 Å². The van der Waals surface area contributed by atoms with Gasteiger partial charge in [-0.3, -0.25) is 4.79 Å². The van der Waals surface area contributed by atoms with E-state index in [1.54, 1.807) is 18.4 Å². The summed E-state index contributed by atoms with van der Waals surface area (Å²) in [6, 6.07) is 12.1. The second-order valence-electron chi connectivity index (χ2n) is 6.13. The van der Waals surface area contributed by atoms with Gasteiger partial charge in [0, 0.05) is 4.88 Å². The van der Waals surface area contributed by atoms with Crippen LogP contribution in [0.3, 0.4) is 0 Å². The van der Waals surface area contributed by atoms with Crippen LogP contribution in [0.2, 0.25) is 0 Å². The predicted molar refractivity (Wildman–Crippen MR) is 93.9 cm³/mol. The van der Waals surface area contributed by atoms with E-state index in [2.05, 4.69) is 22.8 Å². The third kappa shape index (κ3) is 4.14. The van der Waals surface area contributed by atoms with Crippen LogP contribution in [0.4, 0.5) is 0 Å². The molecule has 1 heterocycles. The zero-order chi connectivity index (χ0) is 16.1. The lowest BCUT2D eigenvalue weighted by Gasteiger charge is -2.24. The first-order valence-corrected chi connectivity index (χ1v) is 9.10. The topological polar surface area (TPSA) is 38.3 Å². The van der Waals surface area contributed by atoms with Gasteiger partial charge in [0.1, 0.15) is 5.75 Å². The molecule has 1 N–H and O–H groups in total. The van der Waals surface area contributed by atoms with Crippen molar-refractivity contribution in [3.05, 3.63) is 52.2 Å². The number of thiophene rings is 1. The minimum Gasteiger partial charge on any atom is -0.497 e. The summed E-state index contributed by atoms with van der Waals surface area (Å²) in [7, 11) is 1.64. The summed E-state index contributed by atoms with van der Waals surface area (Å²) < 4.78 is 5.23. The van der Waals surface area contributed by atoms with Crippen molar-refractivity contribution in [2.75, 3.05) is 7.11 Å². The van der Waals surface area contributed by atoms with Crippen LogP contribution in [-0.2, 0) is 11.2 Å². The van der Waals surface area contributed by atoms with Gasteiger partial charge in [0.15, 0.2) is 0 Å². The monoisotopic (exact) mass is 329 g/mol. The maximum atomic E-state index is 12.5. The van der Waals surface area contributed by atoms with E-state index >= 15 is 0 Å². The van der Waals surface area contributed by atoms with Crippen LogP contribution in [-0.4, -0.2) is 13.0 Å². The molecule has 23 heavy (non-hydrogen) atoms. The van der Waals surface area contributed by atoms with Crippen LogP contribution in [0.15, 0.2) is 41.8 Å². The number of hydrogen-bond acceptors (Lipinski definition) is 3. The molecule has 1 aromatic heterocycles. The van der Waals surface area contributed by atoms with Crippen molar-refractivity contribution in [1.29, 1.82) is 0 Å². The van der Waals surface area contributed by atoms with E-state index in [1.165, 1.54) is 30.6 Å². The summed E-state index contributed by atoms with van der Waals surface area (Å²) in [6.07, 6.45) is 5.37. The summed E-state index contributed by atoms with van der Waals surface area (Å²) in [6.45, 7) is 0. The van der Waals surface area contributed by atoms with Crippen LogP contribution < -0.4 is 10.1 Å². The molecule has 3 nitrogen and oxygen atoms in total. The zero-order valence-electron chi connectivity index (χ0n) is 13.5. The molecule has 1 aromatic carbocycles. The van der Waals surface area contributed by atoms with E-state index in [1.807, 2.05) is 24.3 Å². The molecule has 0 aliphatic heterocycles. The summed E-state index contributed by atoms with van der Waals surface area (Å²) >= 11 is 1.74. The number of nitrogens with one attached hydrogen (secondary N) is 1. The molecule has 0 saturated heterocycles. The second kappa shape index (κ2) is 7.64. The normalized spacial score (nSPS) is 16.2. The Labute approximate surface area is 141 Å². The molecule has 1 atom stereocenters. The minimum absolute atomic E-state index is 0.0866. The van der Waals surface area contributed by atoms with E-state index in [0.29, 0.717) is 12.3 Å². The minimum atomic E-state index is 0.0866. The molecule has 3 rings (SSSR count). The largest absolute Gasteiger partial charge is 0.497 e. The molecule has 0 spiro atoms. The van der Waals surface area contributed by atoms with Gasteiger partial charge in [-0.1, -0.05) is 31.0 Å². The highest BCUT2D eigenvalue weighted by atomic mass is 32.1. The Bertz CT molecular complexity index is 633. The lowest BCUT2D eigenvalue weighted by atomic mass is 9.96. The lowest BCUT2D eigenvalue weighted by Crippen LogP contribution is -2.33. The van der Waals surface area contributed by atoms with Crippen molar-refractivity contribution in [1.82, 2.24) is 5.32 Å². The van der Waals surface area contributed by atoms with Crippen molar-refractivity contribution >= 4 is 17.2 Å². The van der Waals surface area contributed by atoms with Crippen LogP contribution >= 0.6 is 11.3 Å². The molecule has 1 unspecified atom stereocenters. The van der Waals surface area contributed by atoms with Crippen LogP contribution in [0.25, 0.3) is 0 Å². The van der Waals surface area contributed by atoms with E-state index in [0.717, 1.165) is 11.3 Å². The van der Waals surface area contributed by atoms with Crippen LogP contribution in [0.5, 0.6) is 5.75 Å². The van der Waals surface area contributed by atoms with Gasteiger partial charge in [0.05, 0.1) is 19.6 Å². The van der Waals surface area contributed by atoms with Crippen molar-refractivity contribution in [2.24, 2.45) is 5.92 Å². The Balaban J connectivity index is 1.68. The van der Waals surface area contributed by atoms with Gasteiger partial charge in [-0.2, -0.15) is 0 Å². The smallest absolute Gasteiger partial charge is 0.224 e. The zero-order valence-corrected chi connectivity index (χ0v) is 14.3. The standard InChI is InChI=1S/C19H23NO2S/c1-22-16-9-4-6-14(12-16)13-18(21)20-19(15-7-2-3-8-15)17-10-5-11-23-17/h4-6,9-12,15,19H,2-3,7-8,13H2,1H3,(H,20,21). The highest BCUT2D eigenvalue weighted by Crippen LogP contribution is 2.37. The third-order valence-corrected chi connectivity index (χ3v) is 5.49. The van der Waals surface area contributed by atoms with E-state index in [9.17, 15) is 4.79 Å². The fourth-order valence-electron chi connectivity index (χ4n) is 3.37. The Kier molecular flexibility index (Phi) is 5.34. The van der Waals surface area contributed by atoms with Gasteiger partial charge < -0.3 is 10.1 Å². The Morgan fingerprint density at radius 1 is 1.30 bits per heavy atom.